The first-order valence-corrected chi connectivity index (χ1v) is 9.16. The van der Waals surface area contributed by atoms with Crippen LogP contribution in [0.3, 0.4) is 0 Å². The van der Waals surface area contributed by atoms with E-state index in [4.69, 9.17) is 0 Å². The summed E-state index contributed by atoms with van der Waals surface area (Å²) in [4.78, 5) is 27.0. The molecule has 0 unspecified atom stereocenters. The second-order valence-corrected chi connectivity index (χ2v) is 6.86. The van der Waals surface area contributed by atoms with E-state index in [0.29, 0.717) is 6.42 Å². The number of benzene rings is 2. The summed E-state index contributed by atoms with van der Waals surface area (Å²) in [7, 11) is 1.56. The standard InChI is InChI=1S/C22H27FN2O2/c1-5-20(22(27)24-4)25(14-17-6-8-19(23)9-7-17)21(26)13-18-11-15(2)10-16(3)12-18/h6-12,20H,5,13-14H2,1-4H3,(H,24,27)/t20-/m1/s1. The molecule has 0 aliphatic heterocycles. The van der Waals surface area contributed by atoms with Gasteiger partial charge in [0.05, 0.1) is 6.42 Å². The van der Waals surface area contributed by atoms with Gasteiger partial charge in [-0.05, 0) is 43.5 Å². The molecule has 0 aliphatic carbocycles. The molecule has 0 spiro atoms. The van der Waals surface area contributed by atoms with Gasteiger partial charge in [0, 0.05) is 13.6 Å². The Balaban J connectivity index is 2.30. The molecular weight excluding hydrogens is 343 g/mol. The molecule has 2 amide bonds. The number of aryl methyl sites for hydroxylation is 2. The topological polar surface area (TPSA) is 49.4 Å². The molecule has 2 aromatic carbocycles. The van der Waals surface area contributed by atoms with Crippen molar-refractivity contribution in [2.45, 2.75) is 46.2 Å². The number of hydrogen-bond donors (Lipinski definition) is 1. The van der Waals surface area contributed by atoms with Gasteiger partial charge in [-0.2, -0.15) is 0 Å². The molecule has 5 heteroatoms. The van der Waals surface area contributed by atoms with E-state index in [0.717, 1.165) is 22.3 Å². The highest BCUT2D eigenvalue weighted by atomic mass is 19.1. The summed E-state index contributed by atoms with van der Waals surface area (Å²) in [6, 6.07) is 11.5. The van der Waals surface area contributed by atoms with E-state index in [1.807, 2.05) is 32.9 Å². The maximum atomic E-state index is 13.2. The van der Waals surface area contributed by atoms with E-state index in [2.05, 4.69) is 11.4 Å². The summed E-state index contributed by atoms with van der Waals surface area (Å²) in [5.74, 6) is -0.654. The molecule has 0 bridgehead atoms. The van der Waals surface area contributed by atoms with Crippen molar-refractivity contribution in [2.24, 2.45) is 0 Å². The maximum absolute atomic E-state index is 13.2. The Kier molecular flexibility index (Phi) is 7.11. The van der Waals surface area contributed by atoms with E-state index in [9.17, 15) is 14.0 Å². The van der Waals surface area contributed by atoms with E-state index in [1.165, 1.54) is 12.1 Å². The van der Waals surface area contributed by atoms with Crippen LogP contribution >= 0.6 is 0 Å². The van der Waals surface area contributed by atoms with Crippen molar-refractivity contribution in [3.05, 3.63) is 70.5 Å². The molecule has 1 N–H and O–H groups in total. The Hall–Kier alpha value is -2.69. The van der Waals surface area contributed by atoms with Crippen molar-refractivity contribution >= 4 is 11.8 Å². The second-order valence-electron chi connectivity index (χ2n) is 6.86. The molecule has 0 saturated carbocycles. The molecule has 4 nitrogen and oxygen atoms in total. The van der Waals surface area contributed by atoms with Gasteiger partial charge in [-0.1, -0.05) is 48.4 Å². The van der Waals surface area contributed by atoms with Gasteiger partial charge in [-0.3, -0.25) is 9.59 Å². The van der Waals surface area contributed by atoms with Crippen LogP contribution in [-0.4, -0.2) is 29.8 Å². The Bertz CT molecular complexity index is 782. The molecular formula is C22H27FN2O2. The van der Waals surface area contributed by atoms with Crippen LogP contribution in [0.5, 0.6) is 0 Å². The summed E-state index contributed by atoms with van der Waals surface area (Å²) in [5, 5.41) is 2.64. The maximum Gasteiger partial charge on any atom is 0.242 e. The zero-order valence-corrected chi connectivity index (χ0v) is 16.4. The van der Waals surface area contributed by atoms with Gasteiger partial charge < -0.3 is 10.2 Å². The third-order valence-corrected chi connectivity index (χ3v) is 4.54. The number of amides is 2. The lowest BCUT2D eigenvalue weighted by Gasteiger charge is -2.30. The molecule has 144 valence electrons. The number of likely N-dealkylation sites (N-methyl/N-ethyl adjacent to an activating group) is 1. The first-order valence-electron chi connectivity index (χ1n) is 9.16. The minimum Gasteiger partial charge on any atom is -0.357 e. The van der Waals surface area contributed by atoms with Gasteiger partial charge in [-0.15, -0.1) is 0 Å². The van der Waals surface area contributed by atoms with Crippen LogP contribution in [0.2, 0.25) is 0 Å². The molecule has 2 rings (SSSR count). The van der Waals surface area contributed by atoms with Crippen molar-refractivity contribution < 1.29 is 14.0 Å². The zero-order chi connectivity index (χ0) is 20.0. The highest BCUT2D eigenvalue weighted by molar-refractivity contribution is 5.88. The smallest absolute Gasteiger partial charge is 0.242 e. The number of nitrogens with zero attached hydrogens (tertiary/aromatic N) is 1. The predicted molar refractivity (Wildman–Crippen MR) is 105 cm³/mol. The average Bonchev–Trinajstić information content (AvgIpc) is 2.61. The van der Waals surface area contributed by atoms with Gasteiger partial charge in [0.25, 0.3) is 0 Å². The second kappa shape index (κ2) is 9.31. The van der Waals surface area contributed by atoms with Crippen LogP contribution in [0.15, 0.2) is 42.5 Å². The molecule has 0 heterocycles. The minimum absolute atomic E-state index is 0.125. The first kappa shape index (κ1) is 20.6. The number of hydrogen-bond acceptors (Lipinski definition) is 2. The molecule has 0 aliphatic rings. The molecule has 0 fully saturated rings. The molecule has 27 heavy (non-hydrogen) atoms. The van der Waals surface area contributed by atoms with Crippen molar-refractivity contribution in [1.29, 1.82) is 0 Å². The fraction of sp³-hybridized carbons (Fsp3) is 0.364. The van der Waals surface area contributed by atoms with E-state index in [-0.39, 0.29) is 30.6 Å². The summed E-state index contributed by atoms with van der Waals surface area (Å²) >= 11 is 0. The van der Waals surface area contributed by atoms with Crippen molar-refractivity contribution in [2.75, 3.05) is 7.05 Å². The zero-order valence-electron chi connectivity index (χ0n) is 16.4. The average molecular weight is 370 g/mol. The van der Waals surface area contributed by atoms with Gasteiger partial charge in [0.2, 0.25) is 11.8 Å². The summed E-state index contributed by atoms with van der Waals surface area (Å²) in [6.45, 7) is 6.13. The number of nitrogens with one attached hydrogen (secondary N) is 1. The fourth-order valence-electron chi connectivity index (χ4n) is 3.32. The number of rotatable bonds is 7. The predicted octanol–water partition coefficient (Wildman–Crippen LogP) is 3.54. The van der Waals surface area contributed by atoms with E-state index >= 15 is 0 Å². The lowest BCUT2D eigenvalue weighted by molar-refractivity contribution is -0.140. The van der Waals surface area contributed by atoms with Crippen LogP contribution in [0.4, 0.5) is 4.39 Å². The van der Waals surface area contributed by atoms with Crippen LogP contribution in [0.1, 0.15) is 35.6 Å². The Morgan fingerprint density at radius 2 is 1.63 bits per heavy atom. The Morgan fingerprint density at radius 1 is 1.04 bits per heavy atom. The van der Waals surface area contributed by atoms with Crippen LogP contribution in [-0.2, 0) is 22.6 Å². The normalized spacial score (nSPS) is 11.7. The van der Waals surface area contributed by atoms with Crippen LogP contribution < -0.4 is 5.32 Å². The lowest BCUT2D eigenvalue weighted by atomic mass is 10.0. The van der Waals surface area contributed by atoms with E-state index in [1.54, 1.807) is 24.1 Å². The minimum atomic E-state index is -0.571. The van der Waals surface area contributed by atoms with Crippen molar-refractivity contribution in [3.63, 3.8) is 0 Å². The highest BCUT2D eigenvalue weighted by Crippen LogP contribution is 2.16. The molecule has 0 aromatic heterocycles. The molecule has 2 aromatic rings. The van der Waals surface area contributed by atoms with Crippen molar-refractivity contribution in [3.8, 4) is 0 Å². The van der Waals surface area contributed by atoms with Gasteiger partial charge >= 0.3 is 0 Å². The summed E-state index contributed by atoms with van der Waals surface area (Å²) in [5.41, 5.74) is 3.91. The summed E-state index contributed by atoms with van der Waals surface area (Å²) < 4.78 is 13.2. The van der Waals surface area contributed by atoms with Gasteiger partial charge in [0.15, 0.2) is 0 Å². The fourth-order valence-corrected chi connectivity index (χ4v) is 3.32. The number of carbonyl (C=O) groups excluding carboxylic acids is 2. The largest absolute Gasteiger partial charge is 0.357 e. The van der Waals surface area contributed by atoms with Gasteiger partial charge in [-0.25, -0.2) is 4.39 Å². The molecule has 1 atom stereocenters. The number of carbonyl (C=O) groups is 2. The lowest BCUT2D eigenvalue weighted by Crippen LogP contribution is -2.48. The van der Waals surface area contributed by atoms with Crippen LogP contribution in [0, 0.1) is 19.7 Å². The SMILES string of the molecule is CC[C@H](C(=O)NC)N(Cc1ccc(F)cc1)C(=O)Cc1cc(C)cc(C)c1. The molecule has 0 radical (unpaired) electrons. The Labute approximate surface area is 160 Å². The monoisotopic (exact) mass is 370 g/mol. The number of halogens is 1. The Morgan fingerprint density at radius 3 is 2.15 bits per heavy atom. The highest BCUT2D eigenvalue weighted by Gasteiger charge is 2.28. The first-order chi connectivity index (χ1) is 12.8. The van der Waals surface area contributed by atoms with Gasteiger partial charge in [0.1, 0.15) is 11.9 Å². The third-order valence-electron chi connectivity index (χ3n) is 4.54. The van der Waals surface area contributed by atoms with E-state index < -0.39 is 6.04 Å². The van der Waals surface area contributed by atoms with Crippen molar-refractivity contribution in [1.82, 2.24) is 10.2 Å². The summed E-state index contributed by atoms with van der Waals surface area (Å²) in [6.07, 6.45) is 0.719. The third kappa shape index (κ3) is 5.64. The van der Waals surface area contributed by atoms with Crippen LogP contribution in [0.25, 0.3) is 0 Å². The molecule has 0 saturated heterocycles. The quantitative estimate of drug-likeness (QED) is 0.810.